The van der Waals surface area contributed by atoms with E-state index < -0.39 is 59.7 Å². The molecule has 4 aromatic carbocycles. The second-order valence-electron chi connectivity index (χ2n) is 13.0. The summed E-state index contributed by atoms with van der Waals surface area (Å²) < 4.78 is 23.2. The Labute approximate surface area is 307 Å². The van der Waals surface area contributed by atoms with Crippen molar-refractivity contribution < 1.29 is 43.5 Å². The predicted octanol–water partition coefficient (Wildman–Crippen LogP) is 5.16. The Morgan fingerprint density at radius 3 is 2.17 bits per heavy atom. The second kappa shape index (κ2) is 15.2. The molecule has 11 heteroatoms. The van der Waals surface area contributed by atoms with Crippen molar-refractivity contribution >= 4 is 23.5 Å². The summed E-state index contributed by atoms with van der Waals surface area (Å²) in [5.41, 5.74) is 1.60. The Kier molecular flexibility index (Phi) is 10.3. The molecule has 6 atom stereocenters. The fourth-order valence-corrected chi connectivity index (χ4v) is 8.14. The zero-order chi connectivity index (χ0) is 37.1. The molecular weight excluding hydrogens is 676 g/mol. The number of aliphatic carboxylic acids is 1. The number of esters is 1. The number of anilines is 1. The number of cyclic esters (lactones) is 1. The number of benzene rings is 4. The number of carbonyl (C=O) groups is 3. The van der Waals surface area contributed by atoms with Crippen LogP contribution in [-0.2, 0) is 34.0 Å². The third kappa shape index (κ3) is 6.34. The van der Waals surface area contributed by atoms with Crippen LogP contribution in [0.4, 0.5) is 5.69 Å². The minimum absolute atomic E-state index is 0.0791. The largest absolute Gasteiger partial charge is 0.491 e. The summed E-state index contributed by atoms with van der Waals surface area (Å²) in [5, 5.41) is 23.6. The van der Waals surface area contributed by atoms with Crippen LogP contribution >= 0.6 is 0 Å². The fraction of sp³-hybridized carbons (Fsp3) is 0.310. The minimum Gasteiger partial charge on any atom is -0.491 e. The minimum atomic E-state index is -1.83. The van der Waals surface area contributed by atoms with Gasteiger partial charge in [0.25, 0.3) is 0 Å². The summed E-state index contributed by atoms with van der Waals surface area (Å²) >= 11 is 0. The number of rotatable bonds is 11. The van der Waals surface area contributed by atoms with Gasteiger partial charge in [0.15, 0.2) is 0 Å². The molecule has 0 aliphatic carbocycles. The quantitative estimate of drug-likeness (QED) is 0.108. The summed E-state index contributed by atoms with van der Waals surface area (Å²) in [5.74, 6) is 2.39. The van der Waals surface area contributed by atoms with E-state index in [1.807, 2.05) is 79.4 Å². The first-order valence-corrected chi connectivity index (χ1v) is 17.7. The van der Waals surface area contributed by atoms with E-state index in [9.17, 15) is 24.6 Å². The van der Waals surface area contributed by atoms with Gasteiger partial charge in [0.2, 0.25) is 12.2 Å². The summed E-state index contributed by atoms with van der Waals surface area (Å²) in [6.45, 7) is 4.35. The number of nitrogens with one attached hydrogen (secondary N) is 1. The Morgan fingerprint density at radius 1 is 0.887 bits per heavy atom. The van der Waals surface area contributed by atoms with E-state index in [-0.39, 0.29) is 13.2 Å². The highest BCUT2D eigenvalue weighted by molar-refractivity contribution is 6.11. The summed E-state index contributed by atoms with van der Waals surface area (Å²) in [6, 6.07) is 27.9. The maximum absolute atomic E-state index is 14.9. The summed E-state index contributed by atoms with van der Waals surface area (Å²) in [7, 11) is 0. The number of hydrogen-bond donors (Lipinski definition) is 3. The van der Waals surface area contributed by atoms with Crippen LogP contribution in [0.1, 0.15) is 59.9 Å². The molecule has 3 N–H and O–H groups in total. The Morgan fingerprint density at radius 2 is 1.55 bits per heavy atom. The van der Waals surface area contributed by atoms with Crippen LogP contribution in [0.15, 0.2) is 103 Å². The molecule has 3 aliphatic heterocycles. The molecule has 0 bridgehead atoms. The smallest absolute Gasteiger partial charge is 0.325 e. The number of amides is 1. The van der Waals surface area contributed by atoms with Crippen molar-refractivity contribution in [3.05, 3.63) is 131 Å². The highest BCUT2D eigenvalue weighted by Gasteiger charge is 2.74. The highest BCUT2D eigenvalue weighted by atomic mass is 16.7. The van der Waals surface area contributed by atoms with Crippen molar-refractivity contribution in [2.24, 2.45) is 5.92 Å². The van der Waals surface area contributed by atoms with Crippen LogP contribution < -0.4 is 10.1 Å². The number of nitrogens with zero attached hydrogens (tertiary/aromatic N) is 1. The maximum atomic E-state index is 14.9. The lowest BCUT2D eigenvalue weighted by Crippen LogP contribution is -2.52. The number of aliphatic hydroxyl groups excluding tert-OH is 1. The molecule has 0 unspecified atom stereocenters. The second-order valence-corrected chi connectivity index (χ2v) is 13.0. The highest BCUT2D eigenvalue weighted by Crippen LogP contribution is 2.64. The molecule has 0 saturated carbocycles. The van der Waals surface area contributed by atoms with Crippen molar-refractivity contribution in [3.8, 4) is 17.6 Å². The molecule has 11 nitrogen and oxygen atoms in total. The summed E-state index contributed by atoms with van der Waals surface area (Å²) in [6.07, 6.45) is -1.62. The monoisotopic (exact) mass is 716 g/mol. The maximum Gasteiger partial charge on any atom is 0.325 e. The summed E-state index contributed by atoms with van der Waals surface area (Å²) in [4.78, 5) is 45.0. The van der Waals surface area contributed by atoms with Gasteiger partial charge in [-0.05, 0) is 72.4 Å². The molecule has 1 spiro atoms. The first-order chi connectivity index (χ1) is 25.8. The Bertz CT molecular complexity index is 2020. The molecule has 3 aliphatic rings. The molecule has 2 saturated heterocycles. The van der Waals surface area contributed by atoms with Crippen molar-refractivity contribution in [3.63, 3.8) is 0 Å². The number of fused-ring (bicyclic) bond motifs is 3. The number of ether oxygens (including phenoxy) is 4. The first kappa shape index (κ1) is 35.9. The lowest BCUT2D eigenvalue weighted by Gasteiger charge is -2.46. The van der Waals surface area contributed by atoms with Gasteiger partial charge >= 0.3 is 11.9 Å². The van der Waals surface area contributed by atoms with Gasteiger partial charge in [-0.25, -0.2) is 0 Å². The third-order valence-corrected chi connectivity index (χ3v) is 10.1. The van der Waals surface area contributed by atoms with E-state index in [4.69, 9.17) is 18.9 Å². The molecule has 0 aromatic heterocycles. The zero-order valence-corrected chi connectivity index (χ0v) is 29.3. The molecule has 7 rings (SSSR count). The lowest BCUT2D eigenvalue weighted by molar-refractivity contribution is -0.179. The average molecular weight is 717 g/mol. The zero-order valence-electron chi connectivity index (χ0n) is 29.3. The van der Waals surface area contributed by atoms with Gasteiger partial charge in [0.05, 0.1) is 18.7 Å². The fourth-order valence-electron chi connectivity index (χ4n) is 8.14. The molecule has 272 valence electrons. The number of hydrogen-bond acceptors (Lipinski definition) is 9. The normalized spacial score (nSPS) is 24.6. The van der Waals surface area contributed by atoms with Gasteiger partial charge in [0, 0.05) is 24.5 Å². The average Bonchev–Trinajstić information content (AvgIpc) is 3.65. The van der Waals surface area contributed by atoms with Crippen LogP contribution in [0.3, 0.4) is 0 Å². The number of aliphatic hydroxyl groups is 1. The van der Waals surface area contributed by atoms with Crippen LogP contribution in [0.25, 0.3) is 0 Å². The molecule has 0 radical (unpaired) electrons. The van der Waals surface area contributed by atoms with E-state index >= 15 is 0 Å². The van der Waals surface area contributed by atoms with Crippen molar-refractivity contribution in [2.75, 3.05) is 31.7 Å². The van der Waals surface area contributed by atoms with Crippen LogP contribution in [0, 0.1) is 17.8 Å². The SMILES string of the molecule is CCOC(C#Cc1ccc2c(c1)[C@]1(C(=O)N2)[C@H](C(=O)O)[C@H]2C(=O)O[C@H](c3ccccc3)[C@H](c3ccccc3)N2[C@@H]1c1ccc(OCCO)cc1)OCC. The van der Waals surface area contributed by atoms with Crippen molar-refractivity contribution in [1.29, 1.82) is 0 Å². The Hall–Kier alpha value is -5.51. The third-order valence-electron chi connectivity index (χ3n) is 10.1. The van der Waals surface area contributed by atoms with Gasteiger partial charge in [-0.15, -0.1) is 0 Å². The Balaban J connectivity index is 1.49. The van der Waals surface area contributed by atoms with E-state index in [1.165, 1.54) is 0 Å². The van der Waals surface area contributed by atoms with E-state index in [0.29, 0.717) is 41.3 Å². The lowest BCUT2D eigenvalue weighted by atomic mass is 9.65. The van der Waals surface area contributed by atoms with Gasteiger partial charge in [-0.3, -0.25) is 19.3 Å². The number of carbonyl (C=O) groups excluding carboxylic acids is 2. The number of carboxylic acids is 1. The molecular formula is C42H40N2O9. The molecule has 2 fully saturated rings. The molecule has 4 aromatic rings. The van der Waals surface area contributed by atoms with E-state index in [2.05, 4.69) is 17.2 Å². The number of carboxylic acid groups (broad SMARTS) is 1. The standard InChI is InChI=1S/C42H40N2O9/c1-3-50-33(51-4-2)22-16-26-15-21-32-31(25-26)42(41(49)43-32)34(39(46)47)36-40(48)53-37(28-13-9-6-10-14-28)35(27-11-7-5-8-12-27)44(36)38(42)29-17-19-30(20-18-29)52-24-23-45/h5-15,17-21,25,33-38,45H,3-4,23-24H2,1-2H3,(H,43,49)(H,46,47)/t34-,35-,36-,37+,38+,42-/m0/s1. The number of morpholine rings is 1. The van der Waals surface area contributed by atoms with Crippen LogP contribution in [-0.4, -0.2) is 71.7 Å². The van der Waals surface area contributed by atoms with Gasteiger partial charge in [0.1, 0.15) is 35.8 Å². The predicted molar refractivity (Wildman–Crippen MR) is 194 cm³/mol. The van der Waals surface area contributed by atoms with E-state index in [1.54, 1.807) is 42.5 Å². The first-order valence-electron chi connectivity index (χ1n) is 17.7. The van der Waals surface area contributed by atoms with Gasteiger partial charge < -0.3 is 34.5 Å². The van der Waals surface area contributed by atoms with Crippen LogP contribution in [0.5, 0.6) is 5.75 Å². The van der Waals surface area contributed by atoms with Crippen molar-refractivity contribution in [2.45, 2.75) is 49.8 Å². The van der Waals surface area contributed by atoms with Gasteiger partial charge in [-0.2, -0.15) is 0 Å². The molecule has 1 amide bonds. The van der Waals surface area contributed by atoms with Crippen LogP contribution in [0.2, 0.25) is 0 Å². The van der Waals surface area contributed by atoms with Gasteiger partial charge in [-0.1, -0.05) is 78.7 Å². The molecule has 3 heterocycles. The molecule has 53 heavy (non-hydrogen) atoms. The van der Waals surface area contributed by atoms with E-state index in [0.717, 1.165) is 11.1 Å². The topological polar surface area (TPSA) is 144 Å². The van der Waals surface area contributed by atoms with Crippen molar-refractivity contribution in [1.82, 2.24) is 4.90 Å².